The first-order valence-electron chi connectivity index (χ1n) is 3.27. The molecule has 3 nitrogen and oxygen atoms in total. The number of hydrogen-bond donors (Lipinski definition) is 0. The third kappa shape index (κ3) is 0.687. The molecule has 0 fully saturated rings. The molecule has 0 amide bonds. The van der Waals surface area contributed by atoms with Crippen LogP contribution in [0.2, 0.25) is 0 Å². The van der Waals surface area contributed by atoms with E-state index in [1.165, 1.54) is 11.3 Å². The molecule has 1 aromatic heterocycles. The number of hydrogen-bond acceptors (Lipinski definition) is 2. The Morgan fingerprint density at radius 3 is 3.10 bits per heavy atom. The number of rotatable bonds is 0. The van der Waals surface area contributed by atoms with E-state index in [1.54, 1.807) is 4.81 Å². The van der Waals surface area contributed by atoms with Crippen molar-refractivity contribution in [3.63, 3.8) is 0 Å². The van der Waals surface area contributed by atoms with Crippen LogP contribution in [0.1, 0.15) is 11.3 Å². The fourth-order valence-corrected chi connectivity index (χ4v) is 1.31. The topological polar surface area (TPSA) is 21.1 Å². The van der Waals surface area contributed by atoms with Crippen molar-refractivity contribution in [1.29, 1.82) is 0 Å². The fraction of sp³-hybridized carbons (Fsp3) is 0.500. The monoisotopic (exact) mass is 133 g/mol. The van der Waals surface area contributed by atoms with Crippen molar-refractivity contribution in [2.45, 2.75) is 13.1 Å². The summed E-state index contributed by atoms with van der Waals surface area (Å²) in [5.41, 5.74) is 2.49. The summed E-state index contributed by atoms with van der Waals surface area (Å²) in [4.78, 5) is 1.78. The van der Waals surface area contributed by atoms with Crippen molar-refractivity contribution >= 4 is 7.98 Å². The van der Waals surface area contributed by atoms with Gasteiger partial charge in [0.05, 0.1) is 11.9 Å². The molecule has 0 atom stereocenters. The maximum absolute atomic E-state index is 5.59. The molecule has 0 aliphatic carbocycles. The highest BCUT2D eigenvalue weighted by Crippen LogP contribution is 2.18. The van der Waals surface area contributed by atoms with Crippen molar-refractivity contribution in [2.75, 3.05) is 0 Å². The van der Waals surface area contributed by atoms with Crippen LogP contribution in [-0.4, -0.2) is 22.6 Å². The van der Waals surface area contributed by atoms with Gasteiger partial charge in [0.1, 0.15) is 0 Å². The number of aryl methyl sites for hydroxylation is 1. The quantitative estimate of drug-likeness (QED) is 0.457. The van der Waals surface area contributed by atoms with Gasteiger partial charge in [0.15, 0.2) is 7.98 Å². The highest BCUT2D eigenvalue weighted by molar-refractivity contribution is 6.04. The van der Waals surface area contributed by atoms with Gasteiger partial charge < -0.3 is 4.81 Å². The van der Waals surface area contributed by atoms with E-state index in [1.807, 2.05) is 17.9 Å². The van der Waals surface area contributed by atoms with E-state index in [0.29, 0.717) is 0 Å². The lowest BCUT2D eigenvalue weighted by atomic mass is 10.3. The van der Waals surface area contributed by atoms with E-state index >= 15 is 0 Å². The Hall–Kier alpha value is -0.765. The lowest BCUT2D eigenvalue weighted by molar-refractivity contribution is 0.470. The first-order chi connectivity index (χ1) is 4.77. The van der Waals surface area contributed by atoms with Crippen molar-refractivity contribution in [3.05, 3.63) is 17.5 Å². The van der Waals surface area contributed by atoms with Gasteiger partial charge in [0.25, 0.3) is 0 Å². The Morgan fingerprint density at radius 2 is 2.40 bits per heavy atom. The molecule has 4 heteroatoms. The lowest BCUT2D eigenvalue weighted by Crippen LogP contribution is -2.12. The van der Waals surface area contributed by atoms with E-state index < -0.39 is 0 Å². The molecule has 2 radical (unpaired) electrons. The molecule has 0 unspecified atom stereocenters. The van der Waals surface area contributed by atoms with Crippen LogP contribution in [0.3, 0.4) is 0 Å². The van der Waals surface area contributed by atoms with E-state index in [-0.39, 0.29) is 0 Å². The molecule has 50 valence electrons. The van der Waals surface area contributed by atoms with Crippen molar-refractivity contribution in [3.8, 4) is 0 Å². The fourth-order valence-electron chi connectivity index (χ4n) is 1.31. The van der Waals surface area contributed by atoms with Crippen LogP contribution >= 0.6 is 0 Å². The van der Waals surface area contributed by atoms with Gasteiger partial charge in [-0.15, -0.1) is 0 Å². The normalized spacial score (nSPS) is 17.7. The maximum atomic E-state index is 5.59. The predicted molar refractivity (Wildman–Crippen MR) is 38.2 cm³/mol. The Bertz CT molecular complexity index is 255. The average molecular weight is 133 g/mol. The summed E-state index contributed by atoms with van der Waals surface area (Å²) in [7, 11) is 7.53. The Kier molecular flexibility index (Phi) is 1.11. The zero-order valence-electron chi connectivity index (χ0n) is 5.91. The van der Waals surface area contributed by atoms with Crippen LogP contribution in [0, 0.1) is 0 Å². The van der Waals surface area contributed by atoms with Crippen molar-refractivity contribution < 1.29 is 0 Å². The third-order valence-corrected chi connectivity index (χ3v) is 1.87. The van der Waals surface area contributed by atoms with E-state index in [0.717, 1.165) is 13.1 Å². The smallest absolute Gasteiger partial charge is 0.183 e. The minimum absolute atomic E-state index is 0.825. The molecule has 0 saturated heterocycles. The third-order valence-electron chi connectivity index (χ3n) is 1.87. The molecular formula is C6H8BN3. The van der Waals surface area contributed by atoms with Gasteiger partial charge in [-0.1, -0.05) is 0 Å². The largest absolute Gasteiger partial charge is 0.345 e. The van der Waals surface area contributed by atoms with Crippen LogP contribution in [0.5, 0.6) is 0 Å². The molecule has 1 aliphatic rings. The highest BCUT2D eigenvalue weighted by Gasteiger charge is 2.17. The summed E-state index contributed by atoms with van der Waals surface area (Å²) < 4.78 is 1.88. The molecule has 2 heterocycles. The minimum atomic E-state index is 0.825. The SMILES string of the molecule is [B]N1Cc2cnn(C)c2C1. The highest BCUT2D eigenvalue weighted by atomic mass is 15.3. The summed E-state index contributed by atoms with van der Waals surface area (Å²) in [6.07, 6.45) is 1.88. The molecule has 1 aliphatic heterocycles. The van der Waals surface area contributed by atoms with Gasteiger partial charge in [0, 0.05) is 25.7 Å². The molecule has 0 saturated carbocycles. The van der Waals surface area contributed by atoms with E-state index in [2.05, 4.69) is 5.10 Å². The second-order valence-corrected chi connectivity index (χ2v) is 2.65. The molecular weight excluding hydrogens is 125 g/mol. The molecule has 2 rings (SSSR count). The summed E-state index contributed by atoms with van der Waals surface area (Å²) >= 11 is 0. The van der Waals surface area contributed by atoms with Gasteiger partial charge in [-0.25, -0.2) is 0 Å². The predicted octanol–water partition coefficient (Wildman–Crippen LogP) is -0.181. The Labute approximate surface area is 61.1 Å². The number of fused-ring (bicyclic) bond motifs is 1. The van der Waals surface area contributed by atoms with E-state index in [9.17, 15) is 0 Å². The molecule has 1 aromatic rings. The first-order valence-corrected chi connectivity index (χ1v) is 3.27. The number of aromatic nitrogens is 2. The van der Waals surface area contributed by atoms with Crippen LogP contribution < -0.4 is 0 Å². The standard InChI is InChI=1S/C6H8BN3/c1-9-6-4-10(7)3-5(6)2-8-9/h2H,3-4H2,1H3. The first kappa shape index (κ1) is 5.98. The molecule has 0 N–H and O–H groups in total. The van der Waals surface area contributed by atoms with Gasteiger partial charge in [0.2, 0.25) is 0 Å². The molecule has 0 bridgehead atoms. The van der Waals surface area contributed by atoms with Gasteiger partial charge in [-0.05, 0) is 0 Å². The Balaban J connectivity index is 2.44. The minimum Gasteiger partial charge on any atom is -0.345 e. The zero-order chi connectivity index (χ0) is 7.14. The van der Waals surface area contributed by atoms with Crippen molar-refractivity contribution in [1.82, 2.24) is 14.6 Å². The van der Waals surface area contributed by atoms with Crippen molar-refractivity contribution in [2.24, 2.45) is 7.05 Å². The number of nitrogens with zero attached hydrogens (tertiary/aromatic N) is 3. The van der Waals surface area contributed by atoms with Gasteiger partial charge >= 0.3 is 0 Å². The van der Waals surface area contributed by atoms with Crippen LogP contribution in [0.15, 0.2) is 6.20 Å². The molecule has 0 aromatic carbocycles. The van der Waals surface area contributed by atoms with Gasteiger partial charge in [-0.2, -0.15) is 5.10 Å². The Morgan fingerprint density at radius 1 is 1.60 bits per heavy atom. The summed E-state index contributed by atoms with van der Waals surface area (Å²) in [6.45, 7) is 1.66. The summed E-state index contributed by atoms with van der Waals surface area (Å²) in [5, 5.41) is 4.11. The zero-order valence-corrected chi connectivity index (χ0v) is 5.91. The summed E-state index contributed by atoms with van der Waals surface area (Å²) in [5.74, 6) is 0. The van der Waals surface area contributed by atoms with Crippen LogP contribution in [0.4, 0.5) is 0 Å². The molecule has 10 heavy (non-hydrogen) atoms. The molecule has 0 spiro atoms. The maximum Gasteiger partial charge on any atom is 0.183 e. The second kappa shape index (κ2) is 1.86. The van der Waals surface area contributed by atoms with E-state index in [4.69, 9.17) is 7.98 Å². The second-order valence-electron chi connectivity index (χ2n) is 2.65. The average Bonchev–Trinajstić information content (AvgIpc) is 2.35. The van der Waals surface area contributed by atoms with Crippen LogP contribution in [-0.2, 0) is 20.1 Å². The lowest BCUT2D eigenvalue weighted by Gasteiger charge is -2.05. The van der Waals surface area contributed by atoms with Gasteiger partial charge in [-0.3, -0.25) is 4.68 Å². The van der Waals surface area contributed by atoms with Crippen LogP contribution in [0.25, 0.3) is 0 Å². The summed E-state index contributed by atoms with van der Waals surface area (Å²) in [6, 6.07) is 0.